The van der Waals surface area contributed by atoms with Gasteiger partial charge in [0.25, 0.3) is 5.91 Å². The molecule has 1 amide bonds. The van der Waals surface area contributed by atoms with Crippen molar-refractivity contribution in [2.45, 2.75) is 44.4 Å². The van der Waals surface area contributed by atoms with Crippen LogP contribution in [0.15, 0.2) is 58.4 Å². The highest BCUT2D eigenvalue weighted by Gasteiger charge is 2.32. The molecule has 4 rings (SSSR count). The number of hydrogen-bond donors (Lipinski definition) is 0. The summed E-state index contributed by atoms with van der Waals surface area (Å²) in [5.41, 5.74) is 1.32. The lowest BCUT2D eigenvalue weighted by molar-refractivity contribution is -0.0440. The van der Waals surface area contributed by atoms with Crippen LogP contribution in [0, 0.1) is 0 Å². The normalized spacial score (nSPS) is 20.1. The predicted molar refractivity (Wildman–Crippen MR) is 131 cm³/mol. The van der Waals surface area contributed by atoms with Gasteiger partial charge in [-0.1, -0.05) is 23.5 Å². The molecule has 10 heteroatoms. The number of rotatable bonds is 7. The lowest BCUT2D eigenvalue weighted by atomic mass is 10.2. The highest BCUT2D eigenvalue weighted by Crippen LogP contribution is 2.22. The third kappa shape index (κ3) is 5.31. The molecule has 1 saturated heterocycles. The van der Waals surface area contributed by atoms with E-state index in [1.54, 1.807) is 0 Å². The summed E-state index contributed by atoms with van der Waals surface area (Å²) in [6.07, 6.45) is -0.345. The van der Waals surface area contributed by atoms with Gasteiger partial charge in [0.05, 0.1) is 33.9 Å². The Balaban J connectivity index is 1.60. The van der Waals surface area contributed by atoms with E-state index in [0.29, 0.717) is 43.2 Å². The summed E-state index contributed by atoms with van der Waals surface area (Å²) in [5, 5.41) is 0. The van der Waals surface area contributed by atoms with Gasteiger partial charge >= 0.3 is 0 Å². The zero-order valence-corrected chi connectivity index (χ0v) is 21.1. The van der Waals surface area contributed by atoms with Crippen LogP contribution in [-0.2, 0) is 26.0 Å². The number of ether oxygens (including phenoxy) is 2. The quantitative estimate of drug-likeness (QED) is 0.462. The van der Waals surface area contributed by atoms with Gasteiger partial charge < -0.3 is 14.0 Å². The van der Waals surface area contributed by atoms with Gasteiger partial charge in [-0.3, -0.25) is 4.79 Å². The van der Waals surface area contributed by atoms with Crippen LogP contribution in [0.5, 0.6) is 0 Å². The second-order valence-corrected chi connectivity index (χ2v) is 11.2. The third-order valence-electron chi connectivity index (χ3n) is 5.57. The first-order chi connectivity index (χ1) is 16.3. The molecule has 1 aliphatic rings. The zero-order valence-electron chi connectivity index (χ0n) is 19.5. The molecular formula is C24H29N3O5S2. The maximum Gasteiger partial charge on any atom is 0.279 e. The van der Waals surface area contributed by atoms with E-state index >= 15 is 0 Å². The molecule has 0 N–H and O–H groups in total. The van der Waals surface area contributed by atoms with Crippen LogP contribution in [0.1, 0.15) is 31.1 Å². The molecule has 2 atom stereocenters. The summed E-state index contributed by atoms with van der Waals surface area (Å²) in [6.45, 7) is 7.97. The van der Waals surface area contributed by atoms with E-state index in [1.807, 2.05) is 49.6 Å². The fourth-order valence-corrected chi connectivity index (χ4v) is 6.66. The standard InChI is InChI=1S/C24H29N3O5S2/c1-4-31-14-13-27-21-7-5-6-8-22(21)33-24(27)25-23(28)19-9-11-20(12-10-19)34(29,30)26-15-17(2)32-18(3)16-26/h5-12,17-18H,4,13-16H2,1-3H3/t17-,18-/m0/s1. The molecule has 0 aliphatic carbocycles. The number of para-hydroxylation sites is 1. The van der Waals surface area contributed by atoms with Crippen LogP contribution in [-0.4, -0.2) is 61.7 Å². The number of thiazole rings is 1. The van der Waals surface area contributed by atoms with Gasteiger partial charge in [0, 0.05) is 31.8 Å². The molecule has 2 aromatic carbocycles. The number of nitrogens with zero attached hydrogens (tertiary/aromatic N) is 3. The van der Waals surface area contributed by atoms with Crippen LogP contribution in [0.25, 0.3) is 10.2 Å². The van der Waals surface area contributed by atoms with Gasteiger partial charge in [-0.15, -0.1) is 0 Å². The summed E-state index contributed by atoms with van der Waals surface area (Å²) in [6, 6.07) is 13.9. The van der Waals surface area contributed by atoms with E-state index in [0.717, 1.165) is 10.2 Å². The van der Waals surface area contributed by atoms with Crippen molar-refractivity contribution in [2.24, 2.45) is 4.99 Å². The molecule has 1 aromatic heterocycles. The number of fused-ring (bicyclic) bond motifs is 1. The highest BCUT2D eigenvalue weighted by molar-refractivity contribution is 7.89. The number of hydrogen-bond acceptors (Lipinski definition) is 6. The first-order valence-electron chi connectivity index (χ1n) is 11.3. The number of amides is 1. The molecule has 1 fully saturated rings. The Morgan fingerprint density at radius 3 is 2.47 bits per heavy atom. The summed E-state index contributed by atoms with van der Waals surface area (Å²) in [7, 11) is -3.67. The van der Waals surface area contributed by atoms with Crippen molar-refractivity contribution in [3.63, 3.8) is 0 Å². The smallest absolute Gasteiger partial charge is 0.279 e. The first kappa shape index (κ1) is 24.7. The van der Waals surface area contributed by atoms with Gasteiger partial charge in [0.15, 0.2) is 4.80 Å². The minimum atomic E-state index is -3.67. The largest absolute Gasteiger partial charge is 0.380 e. The van der Waals surface area contributed by atoms with Gasteiger partial charge in [0.2, 0.25) is 10.0 Å². The van der Waals surface area contributed by atoms with Crippen LogP contribution < -0.4 is 4.80 Å². The van der Waals surface area contributed by atoms with Crippen molar-refractivity contribution >= 4 is 37.5 Å². The van der Waals surface area contributed by atoms with Gasteiger partial charge in [-0.05, 0) is 57.2 Å². The van der Waals surface area contributed by atoms with Crippen molar-refractivity contribution in [1.29, 1.82) is 0 Å². The van der Waals surface area contributed by atoms with E-state index in [1.165, 1.54) is 39.9 Å². The molecule has 3 aromatic rings. The summed E-state index contributed by atoms with van der Waals surface area (Å²) in [5.74, 6) is -0.422. The average molecular weight is 504 g/mol. The number of sulfonamides is 1. The molecule has 8 nitrogen and oxygen atoms in total. The van der Waals surface area contributed by atoms with Crippen molar-refractivity contribution in [3.05, 3.63) is 58.9 Å². The minimum absolute atomic E-state index is 0.152. The van der Waals surface area contributed by atoms with Crippen molar-refractivity contribution < 1.29 is 22.7 Å². The molecule has 0 saturated carbocycles. The van der Waals surface area contributed by atoms with Crippen molar-refractivity contribution in [1.82, 2.24) is 8.87 Å². The second kappa shape index (κ2) is 10.5. The topological polar surface area (TPSA) is 90.2 Å². The van der Waals surface area contributed by atoms with Crippen LogP contribution in [0.2, 0.25) is 0 Å². The van der Waals surface area contributed by atoms with E-state index in [-0.39, 0.29) is 17.1 Å². The molecule has 0 unspecified atom stereocenters. The fraction of sp³-hybridized carbons (Fsp3) is 0.417. The zero-order chi connectivity index (χ0) is 24.3. The highest BCUT2D eigenvalue weighted by atomic mass is 32.2. The first-order valence-corrected chi connectivity index (χ1v) is 13.6. The molecule has 2 heterocycles. The van der Waals surface area contributed by atoms with E-state index < -0.39 is 15.9 Å². The summed E-state index contributed by atoms with van der Waals surface area (Å²) in [4.78, 5) is 18.0. The molecular weight excluding hydrogens is 474 g/mol. The molecule has 0 bridgehead atoms. The third-order valence-corrected chi connectivity index (χ3v) is 8.48. The van der Waals surface area contributed by atoms with Crippen molar-refractivity contribution in [3.8, 4) is 0 Å². The molecule has 1 aliphatic heterocycles. The summed E-state index contributed by atoms with van der Waals surface area (Å²) < 4.78 is 41.7. The van der Waals surface area contributed by atoms with Gasteiger partial charge in [-0.25, -0.2) is 8.42 Å². The lowest BCUT2D eigenvalue weighted by Gasteiger charge is -2.34. The number of aromatic nitrogens is 1. The Bertz CT molecular complexity index is 1320. The number of morpholine rings is 1. The van der Waals surface area contributed by atoms with E-state index in [2.05, 4.69) is 4.99 Å². The summed E-state index contributed by atoms with van der Waals surface area (Å²) >= 11 is 1.44. The van der Waals surface area contributed by atoms with Gasteiger partial charge in [-0.2, -0.15) is 9.30 Å². The second-order valence-electron chi connectivity index (χ2n) is 8.22. The number of carbonyl (C=O) groups excluding carboxylic acids is 1. The SMILES string of the molecule is CCOCCn1c(=NC(=O)c2ccc(S(=O)(=O)N3C[C@H](C)O[C@@H](C)C3)cc2)sc2ccccc21. The molecule has 0 radical (unpaired) electrons. The van der Waals surface area contributed by atoms with Crippen LogP contribution in [0.3, 0.4) is 0 Å². The number of carbonyl (C=O) groups is 1. The van der Waals surface area contributed by atoms with E-state index in [4.69, 9.17) is 9.47 Å². The minimum Gasteiger partial charge on any atom is -0.380 e. The predicted octanol–water partition coefficient (Wildman–Crippen LogP) is 3.28. The Morgan fingerprint density at radius 2 is 1.79 bits per heavy atom. The monoisotopic (exact) mass is 503 g/mol. The lowest BCUT2D eigenvalue weighted by Crippen LogP contribution is -2.48. The Hall–Kier alpha value is -2.37. The van der Waals surface area contributed by atoms with Crippen LogP contribution in [0.4, 0.5) is 0 Å². The fourth-order valence-electron chi connectivity index (χ4n) is 4.02. The van der Waals surface area contributed by atoms with Crippen molar-refractivity contribution in [2.75, 3.05) is 26.3 Å². The Morgan fingerprint density at radius 1 is 1.12 bits per heavy atom. The van der Waals surface area contributed by atoms with E-state index in [9.17, 15) is 13.2 Å². The molecule has 182 valence electrons. The van der Waals surface area contributed by atoms with Gasteiger partial charge in [0.1, 0.15) is 0 Å². The maximum atomic E-state index is 13.1. The maximum absolute atomic E-state index is 13.1. The Labute approximate surface area is 203 Å². The van der Waals surface area contributed by atoms with Crippen LogP contribution >= 0.6 is 11.3 Å². The average Bonchev–Trinajstić information content (AvgIpc) is 3.15. The molecule has 0 spiro atoms. The Kier molecular flexibility index (Phi) is 7.63. The molecule has 34 heavy (non-hydrogen) atoms. The number of benzene rings is 2.